The van der Waals surface area contributed by atoms with Crippen molar-refractivity contribution in [1.29, 1.82) is 0 Å². The van der Waals surface area contributed by atoms with E-state index >= 15 is 0 Å². The molecule has 0 saturated carbocycles. The Kier molecular flexibility index (Phi) is 7.65. The van der Waals surface area contributed by atoms with E-state index in [1.807, 2.05) is 10.6 Å². The topological polar surface area (TPSA) is 103 Å². The van der Waals surface area contributed by atoms with Gasteiger partial charge in [-0.1, -0.05) is 23.7 Å². The van der Waals surface area contributed by atoms with Crippen molar-refractivity contribution in [2.75, 3.05) is 19.7 Å². The zero-order valence-electron chi connectivity index (χ0n) is 21.9. The third-order valence-corrected chi connectivity index (χ3v) is 7.55. The largest absolute Gasteiger partial charge is 0.478 e. The summed E-state index contributed by atoms with van der Waals surface area (Å²) in [4.78, 5) is 26.7. The summed E-state index contributed by atoms with van der Waals surface area (Å²) < 4.78 is 42.0. The lowest BCUT2D eigenvalue weighted by Gasteiger charge is -2.29. The molecule has 0 radical (unpaired) electrons. The molecule has 0 bridgehead atoms. The van der Waals surface area contributed by atoms with E-state index in [9.17, 15) is 18.7 Å². The van der Waals surface area contributed by atoms with Crippen molar-refractivity contribution in [3.63, 3.8) is 0 Å². The molecule has 1 fully saturated rings. The molecule has 0 unspecified atom stereocenters. The molecular weight excluding hydrogens is 556 g/mol. The molecule has 0 aliphatic carbocycles. The molecule has 6 rings (SSSR count). The summed E-state index contributed by atoms with van der Waals surface area (Å²) in [6.07, 6.45) is 4.52. The first-order valence-corrected chi connectivity index (χ1v) is 13.6. The van der Waals surface area contributed by atoms with Crippen molar-refractivity contribution in [2.24, 2.45) is 0 Å². The zero-order chi connectivity index (χ0) is 28.5. The monoisotopic (exact) mass is 581 g/mol. The lowest BCUT2D eigenvalue weighted by molar-refractivity contribution is -0.0591. The quantitative estimate of drug-likeness (QED) is 0.291. The number of halogens is 3. The van der Waals surface area contributed by atoms with E-state index in [1.165, 1.54) is 12.1 Å². The maximum atomic E-state index is 14.7. The number of aromatic nitrogens is 4. The SMILES string of the molecule is O=C(O)c1ccc2nc(CN3CC=C(c4nc(OCc5ccc(Cl)cc5F)ncc4F)CC3)n(C[C@@H]3CCO3)c2c1. The molecular formula is C29H26ClF2N5O4. The first-order chi connectivity index (χ1) is 19.8. The molecule has 1 atom stereocenters. The number of ether oxygens (including phenoxy) is 2. The van der Waals surface area contributed by atoms with E-state index in [-0.39, 0.29) is 40.6 Å². The van der Waals surface area contributed by atoms with E-state index in [0.717, 1.165) is 41.7 Å². The van der Waals surface area contributed by atoms with Gasteiger partial charge in [-0.2, -0.15) is 4.98 Å². The van der Waals surface area contributed by atoms with Crippen LogP contribution in [0.5, 0.6) is 6.01 Å². The first kappa shape index (κ1) is 27.3. The van der Waals surface area contributed by atoms with E-state index in [4.69, 9.17) is 26.1 Å². The number of hydrogen-bond donors (Lipinski definition) is 1. The second-order valence-corrected chi connectivity index (χ2v) is 10.5. The van der Waals surface area contributed by atoms with Gasteiger partial charge >= 0.3 is 12.0 Å². The number of benzene rings is 2. The number of carboxylic acid groups (broad SMARTS) is 1. The van der Waals surface area contributed by atoms with Gasteiger partial charge in [-0.05, 0) is 48.7 Å². The summed E-state index contributed by atoms with van der Waals surface area (Å²) in [5.41, 5.74) is 2.86. The highest BCUT2D eigenvalue weighted by atomic mass is 35.5. The minimum atomic E-state index is -0.988. The predicted molar refractivity (Wildman–Crippen MR) is 147 cm³/mol. The average molecular weight is 582 g/mol. The molecule has 4 aromatic rings. The van der Waals surface area contributed by atoms with Crippen molar-refractivity contribution in [3.05, 3.63) is 88.0 Å². The molecule has 2 aromatic heterocycles. The van der Waals surface area contributed by atoms with Crippen LogP contribution < -0.4 is 4.74 Å². The van der Waals surface area contributed by atoms with Gasteiger partial charge in [-0.25, -0.2) is 23.5 Å². The van der Waals surface area contributed by atoms with E-state index in [2.05, 4.69) is 14.9 Å². The fourth-order valence-electron chi connectivity index (χ4n) is 4.96. The van der Waals surface area contributed by atoms with Crippen LogP contribution in [0.25, 0.3) is 16.6 Å². The van der Waals surface area contributed by atoms with Crippen molar-refractivity contribution < 1.29 is 28.2 Å². The van der Waals surface area contributed by atoms with Gasteiger partial charge < -0.3 is 19.1 Å². The van der Waals surface area contributed by atoms with Gasteiger partial charge in [0.05, 0.1) is 42.0 Å². The fraction of sp³-hybridized carbons (Fsp3) is 0.310. The normalized spacial score (nSPS) is 17.3. The maximum absolute atomic E-state index is 14.7. The zero-order valence-corrected chi connectivity index (χ0v) is 22.7. The van der Waals surface area contributed by atoms with Crippen LogP contribution in [0.2, 0.25) is 5.02 Å². The third-order valence-electron chi connectivity index (χ3n) is 7.31. The second kappa shape index (κ2) is 11.5. The Hall–Kier alpha value is -3.93. The smallest absolute Gasteiger partial charge is 0.335 e. The van der Waals surface area contributed by atoms with Gasteiger partial charge in [0, 0.05) is 30.3 Å². The molecule has 41 heavy (non-hydrogen) atoms. The summed E-state index contributed by atoms with van der Waals surface area (Å²) in [7, 11) is 0. The molecule has 4 heterocycles. The number of rotatable bonds is 9. The van der Waals surface area contributed by atoms with E-state index < -0.39 is 17.6 Å². The van der Waals surface area contributed by atoms with Gasteiger partial charge in [0.1, 0.15) is 23.9 Å². The highest BCUT2D eigenvalue weighted by Crippen LogP contribution is 2.27. The Morgan fingerprint density at radius 1 is 1.17 bits per heavy atom. The molecule has 2 aromatic carbocycles. The lowest BCUT2D eigenvalue weighted by atomic mass is 10.0. The number of aromatic carboxylic acids is 1. The van der Waals surface area contributed by atoms with Crippen molar-refractivity contribution in [1.82, 2.24) is 24.4 Å². The van der Waals surface area contributed by atoms with Gasteiger partial charge in [0.25, 0.3) is 0 Å². The lowest BCUT2D eigenvalue weighted by Crippen LogP contribution is -2.33. The predicted octanol–water partition coefficient (Wildman–Crippen LogP) is 5.11. The molecule has 212 valence electrons. The molecule has 12 heteroatoms. The minimum Gasteiger partial charge on any atom is -0.478 e. The molecule has 2 aliphatic rings. The summed E-state index contributed by atoms with van der Waals surface area (Å²) >= 11 is 5.80. The van der Waals surface area contributed by atoms with Crippen LogP contribution in [0.3, 0.4) is 0 Å². The van der Waals surface area contributed by atoms with Crippen molar-refractivity contribution >= 4 is 34.2 Å². The number of imidazole rings is 1. The molecule has 0 amide bonds. The molecule has 1 N–H and O–H groups in total. The summed E-state index contributed by atoms with van der Waals surface area (Å²) in [5.74, 6) is -1.25. The highest BCUT2D eigenvalue weighted by Gasteiger charge is 2.25. The number of carbonyl (C=O) groups is 1. The van der Waals surface area contributed by atoms with Crippen molar-refractivity contribution in [2.45, 2.75) is 38.6 Å². The fourth-order valence-corrected chi connectivity index (χ4v) is 5.12. The van der Waals surface area contributed by atoms with Crippen molar-refractivity contribution in [3.8, 4) is 6.01 Å². The summed E-state index contributed by atoms with van der Waals surface area (Å²) in [6, 6.07) is 9.15. The number of carboxylic acids is 1. The molecule has 0 spiro atoms. The Labute approximate surface area is 239 Å². The van der Waals surface area contributed by atoms with Crippen LogP contribution in [-0.4, -0.2) is 61.3 Å². The summed E-state index contributed by atoms with van der Waals surface area (Å²) in [6.45, 7) is 2.89. The number of nitrogens with zero attached hydrogens (tertiary/aromatic N) is 5. The maximum Gasteiger partial charge on any atom is 0.335 e. The Morgan fingerprint density at radius 3 is 2.73 bits per heavy atom. The van der Waals surface area contributed by atoms with Crippen LogP contribution in [-0.2, 0) is 24.4 Å². The third kappa shape index (κ3) is 5.92. The van der Waals surface area contributed by atoms with Gasteiger partial charge in [0.2, 0.25) is 0 Å². The Bertz CT molecular complexity index is 1660. The summed E-state index contributed by atoms with van der Waals surface area (Å²) in [5, 5.41) is 9.75. The molecule has 9 nitrogen and oxygen atoms in total. The standard InChI is InChI=1S/C29H26ClF2N5O4/c30-20-3-1-19(22(31)12-20)16-41-29-33-13-23(32)27(35-29)17-5-8-36(9-6-17)15-26-34-24-4-2-18(28(38)39)11-25(24)37(26)14-21-7-10-40-21/h1-5,11-13,21H,6-10,14-16H2,(H,38,39)/t21-/m0/s1. The second-order valence-electron chi connectivity index (χ2n) is 10.0. The Morgan fingerprint density at radius 2 is 2.02 bits per heavy atom. The first-order valence-electron chi connectivity index (χ1n) is 13.2. The van der Waals surface area contributed by atoms with E-state index in [1.54, 1.807) is 24.3 Å². The van der Waals surface area contributed by atoms with Gasteiger partial charge in [-0.3, -0.25) is 4.90 Å². The molecule has 1 saturated heterocycles. The van der Waals surface area contributed by atoms with Crippen LogP contribution in [0.15, 0.2) is 48.7 Å². The van der Waals surface area contributed by atoms with Gasteiger partial charge in [0.15, 0.2) is 5.82 Å². The van der Waals surface area contributed by atoms with Crippen LogP contribution >= 0.6 is 11.6 Å². The average Bonchev–Trinajstić information content (AvgIpc) is 3.27. The number of hydrogen-bond acceptors (Lipinski definition) is 7. The van der Waals surface area contributed by atoms with E-state index in [0.29, 0.717) is 32.6 Å². The number of fused-ring (bicyclic) bond motifs is 1. The van der Waals surface area contributed by atoms with Gasteiger partial charge in [-0.15, -0.1) is 0 Å². The van der Waals surface area contributed by atoms with Crippen LogP contribution in [0, 0.1) is 11.6 Å². The van der Waals surface area contributed by atoms with Crippen LogP contribution in [0.4, 0.5) is 8.78 Å². The van der Waals surface area contributed by atoms with Crippen LogP contribution in [0.1, 0.15) is 40.3 Å². The minimum absolute atomic E-state index is 0.0493. The Balaban J connectivity index is 1.17. The molecule has 2 aliphatic heterocycles. The highest BCUT2D eigenvalue weighted by molar-refractivity contribution is 6.30.